The Bertz CT molecular complexity index is 449. The molecule has 1 fully saturated rings. The van der Waals surface area contributed by atoms with Crippen LogP contribution in [0.5, 0.6) is 0 Å². The normalized spacial score (nSPS) is 17.6. The predicted molar refractivity (Wildman–Crippen MR) is 61.2 cm³/mol. The molecule has 0 unspecified atom stereocenters. The highest BCUT2D eigenvalue weighted by molar-refractivity contribution is 7.93. The van der Waals surface area contributed by atoms with Crippen molar-refractivity contribution in [2.24, 2.45) is 0 Å². The molecule has 0 amide bonds. The molecule has 1 aliphatic rings. The van der Waals surface area contributed by atoms with E-state index in [2.05, 4.69) is 4.72 Å². The largest absolute Gasteiger partial charge is 0.283 e. The summed E-state index contributed by atoms with van der Waals surface area (Å²) >= 11 is 0. The summed E-state index contributed by atoms with van der Waals surface area (Å²) in [6.45, 7) is 0. The molecule has 16 heavy (non-hydrogen) atoms. The third kappa shape index (κ3) is 2.52. The SMILES string of the molecule is O=S(=O)(Nc1ccc(F)cc1)C1CCCC1. The lowest BCUT2D eigenvalue weighted by molar-refractivity contribution is 0.585. The first-order valence-electron chi connectivity index (χ1n) is 5.35. The van der Waals surface area contributed by atoms with E-state index in [1.807, 2.05) is 0 Å². The molecule has 1 aromatic rings. The lowest BCUT2D eigenvalue weighted by atomic mass is 10.3. The zero-order valence-corrected chi connectivity index (χ0v) is 9.63. The quantitative estimate of drug-likeness (QED) is 0.886. The van der Waals surface area contributed by atoms with E-state index in [4.69, 9.17) is 0 Å². The van der Waals surface area contributed by atoms with Gasteiger partial charge in [0.15, 0.2) is 0 Å². The molecule has 0 aliphatic heterocycles. The van der Waals surface area contributed by atoms with Crippen molar-refractivity contribution in [3.8, 4) is 0 Å². The van der Waals surface area contributed by atoms with Gasteiger partial charge in [-0.15, -0.1) is 0 Å². The van der Waals surface area contributed by atoms with Crippen LogP contribution in [-0.4, -0.2) is 13.7 Å². The number of sulfonamides is 1. The van der Waals surface area contributed by atoms with Crippen molar-refractivity contribution in [1.82, 2.24) is 0 Å². The molecule has 0 spiro atoms. The fraction of sp³-hybridized carbons (Fsp3) is 0.455. The lowest BCUT2D eigenvalue weighted by Crippen LogP contribution is -2.25. The van der Waals surface area contributed by atoms with Gasteiger partial charge in [-0.3, -0.25) is 4.72 Å². The number of anilines is 1. The molecule has 3 nitrogen and oxygen atoms in total. The van der Waals surface area contributed by atoms with Crippen LogP contribution in [-0.2, 0) is 10.0 Å². The molecule has 5 heteroatoms. The van der Waals surface area contributed by atoms with E-state index in [9.17, 15) is 12.8 Å². The van der Waals surface area contributed by atoms with Crippen molar-refractivity contribution >= 4 is 15.7 Å². The van der Waals surface area contributed by atoms with Gasteiger partial charge in [-0.2, -0.15) is 0 Å². The minimum atomic E-state index is -3.30. The first kappa shape index (κ1) is 11.4. The topological polar surface area (TPSA) is 46.2 Å². The van der Waals surface area contributed by atoms with E-state index in [1.54, 1.807) is 0 Å². The highest BCUT2D eigenvalue weighted by atomic mass is 32.2. The van der Waals surface area contributed by atoms with Crippen LogP contribution in [0.3, 0.4) is 0 Å². The Kier molecular flexibility index (Phi) is 3.14. The van der Waals surface area contributed by atoms with Crippen molar-refractivity contribution in [2.45, 2.75) is 30.9 Å². The number of rotatable bonds is 3. The fourth-order valence-electron chi connectivity index (χ4n) is 1.96. The monoisotopic (exact) mass is 243 g/mol. The minimum absolute atomic E-state index is 0.294. The van der Waals surface area contributed by atoms with Gasteiger partial charge in [-0.1, -0.05) is 12.8 Å². The third-order valence-electron chi connectivity index (χ3n) is 2.85. The molecule has 1 saturated carbocycles. The molecule has 1 aliphatic carbocycles. The Morgan fingerprint density at radius 1 is 1.12 bits per heavy atom. The van der Waals surface area contributed by atoms with Crippen molar-refractivity contribution in [2.75, 3.05) is 4.72 Å². The van der Waals surface area contributed by atoms with Gasteiger partial charge in [-0.25, -0.2) is 12.8 Å². The van der Waals surface area contributed by atoms with E-state index in [1.165, 1.54) is 24.3 Å². The number of halogens is 1. The molecular weight excluding hydrogens is 229 g/mol. The van der Waals surface area contributed by atoms with Crippen LogP contribution in [0.2, 0.25) is 0 Å². The van der Waals surface area contributed by atoms with Crippen LogP contribution in [0.4, 0.5) is 10.1 Å². The van der Waals surface area contributed by atoms with E-state index >= 15 is 0 Å². The Labute approximate surface area is 94.7 Å². The van der Waals surface area contributed by atoms with E-state index in [0.29, 0.717) is 5.69 Å². The summed E-state index contributed by atoms with van der Waals surface area (Å²) in [6, 6.07) is 5.35. The first-order chi connectivity index (χ1) is 7.58. The second-order valence-electron chi connectivity index (χ2n) is 4.06. The maximum absolute atomic E-state index is 12.6. The average molecular weight is 243 g/mol. The Morgan fingerprint density at radius 2 is 1.69 bits per heavy atom. The van der Waals surface area contributed by atoms with Gasteiger partial charge >= 0.3 is 0 Å². The number of hydrogen-bond acceptors (Lipinski definition) is 2. The third-order valence-corrected chi connectivity index (χ3v) is 4.71. The maximum atomic E-state index is 12.6. The van der Waals surface area contributed by atoms with Gasteiger partial charge in [0.05, 0.1) is 5.25 Å². The predicted octanol–water partition coefficient (Wildman–Crippen LogP) is 2.51. The second-order valence-corrected chi connectivity index (χ2v) is 6.02. The van der Waals surface area contributed by atoms with Crippen LogP contribution in [0.15, 0.2) is 24.3 Å². The smallest absolute Gasteiger partial charge is 0.235 e. The highest BCUT2D eigenvalue weighted by Crippen LogP contribution is 2.26. The summed E-state index contributed by atoms with van der Waals surface area (Å²) < 4.78 is 38.9. The van der Waals surface area contributed by atoms with Crippen molar-refractivity contribution < 1.29 is 12.8 Å². The fourth-order valence-corrected chi connectivity index (χ4v) is 3.55. The number of nitrogens with one attached hydrogen (secondary N) is 1. The van der Waals surface area contributed by atoms with Crippen molar-refractivity contribution in [1.29, 1.82) is 0 Å². The Morgan fingerprint density at radius 3 is 2.25 bits per heavy atom. The van der Waals surface area contributed by atoms with Gasteiger partial charge in [0, 0.05) is 5.69 Å². The summed E-state index contributed by atoms with van der Waals surface area (Å²) in [6.07, 6.45) is 3.37. The summed E-state index contributed by atoms with van der Waals surface area (Å²) in [5.41, 5.74) is 0.424. The van der Waals surface area contributed by atoms with Crippen LogP contribution in [0, 0.1) is 5.82 Å². The number of benzene rings is 1. The van der Waals surface area contributed by atoms with Gasteiger partial charge in [0.1, 0.15) is 5.82 Å². The summed E-state index contributed by atoms with van der Waals surface area (Å²) in [5, 5.41) is -0.294. The van der Waals surface area contributed by atoms with Gasteiger partial charge < -0.3 is 0 Å². The molecule has 2 rings (SSSR count). The molecule has 0 atom stereocenters. The minimum Gasteiger partial charge on any atom is -0.283 e. The lowest BCUT2D eigenvalue weighted by Gasteiger charge is -2.13. The zero-order chi connectivity index (χ0) is 11.6. The van der Waals surface area contributed by atoms with Crippen molar-refractivity contribution in [3.63, 3.8) is 0 Å². The van der Waals surface area contributed by atoms with Crippen LogP contribution < -0.4 is 4.72 Å². The first-order valence-corrected chi connectivity index (χ1v) is 6.90. The van der Waals surface area contributed by atoms with E-state index in [-0.39, 0.29) is 11.1 Å². The number of hydrogen-bond donors (Lipinski definition) is 1. The van der Waals surface area contributed by atoms with E-state index < -0.39 is 10.0 Å². The molecular formula is C11H14FNO2S. The average Bonchev–Trinajstić information content (AvgIpc) is 2.75. The second kappa shape index (κ2) is 4.41. The van der Waals surface area contributed by atoms with Gasteiger partial charge in [-0.05, 0) is 37.1 Å². The summed E-state index contributed by atoms with van der Waals surface area (Å²) in [7, 11) is -3.30. The summed E-state index contributed by atoms with van der Waals surface area (Å²) in [4.78, 5) is 0. The Hall–Kier alpha value is -1.10. The van der Waals surface area contributed by atoms with Gasteiger partial charge in [0.2, 0.25) is 10.0 Å². The van der Waals surface area contributed by atoms with Crippen molar-refractivity contribution in [3.05, 3.63) is 30.1 Å². The molecule has 1 aromatic carbocycles. The summed E-state index contributed by atoms with van der Waals surface area (Å²) in [5.74, 6) is -0.371. The Balaban J connectivity index is 2.11. The molecule has 0 heterocycles. The van der Waals surface area contributed by atoms with Crippen LogP contribution >= 0.6 is 0 Å². The molecule has 1 N–H and O–H groups in total. The van der Waals surface area contributed by atoms with Gasteiger partial charge in [0.25, 0.3) is 0 Å². The molecule has 88 valence electrons. The maximum Gasteiger partial charge on any atom is 0.235 e. The molecule has 0 bridgehead atoms. The zero-order valence-electron chi connectivity index (χ0n) is 8.82. The van der Waals surface area contributed by atoms with Crippen LogP contribution in [0.1, 0.15) is 25.7 Å². The van der Waals surface area contributed by atoms with E-state index in [0.717, 1.165) is 25.7 Å². The standard InChI is InChI=1S/C11H14FNO2S/c12-9-5-7-10(8-6-9)13-16(14,15)11-3-1-2-4-11/h5-8,11,13H,1-4H2. The molecule has 0 aromatic heterocycles. The van der Waals surface area contributed by atoms with Crippen LogP contribution in [0.25, 0.3) is 0 Å². The highest BCUT2D eigenvalue weighted by Gasteiger charge is 2.28. The molecule has 0 radical (unpaired) electrons. The molecule has 0 saturated heterocycles.